The molecule has 0 atom stereocenters. The molecule has 4 heteroatoms. The third kappa shape index (κ3) is 62.3. The molecule has 0 radical (unpaired) electrons. The molecule has 342 valence electrons. The van der Waals surface area contributed by atoms with E-state index < -0.39 is 0 Å². The summed E-state index contributed by atoms with van der Waals surface area (Å²) < 4.78 is 0. The fourth-order valence-corrected chi connectivity index (χ4v) is 7.39. The average Bonchev–Trinajstić information content (AvgIpc) is 3.22. The summed E-state index contributed by atoms with van der Waals surface area (Å²) in [5.74, 6) is 0.560. The van der Waals surface area contributed by atoms with Crippen molar-refractivity contribution in [1.29, 1.82) is 0 Å². The van der Waals surface area contributed by atoms with Crippen LogP contribution in [0.15, 0.2) is 0 Å². The van der Waals surface area contributed by atoms with Crippen molar-refractivity contribution in [2.75, 3.05) is 6.61 Å². The van der Waals surface area contributed by atoms with Gasteiger partial charge < -0.3 is 10.2 Å². The number of unbranched alkanes of at least 4 members (excludes halogenated alkanes) is 29. The van der Waals surface area contributed by atoms with Crippen molar-refractivity contribution in [3.05, 3.63) is 0 Å². The van der Waals surface area contributed by atoms with E-state index in [0.717, 1.165) is 25.7 Å². The second-order valence-electron chi connectivity index (χ2n) is 16.5. The van der Waals surface area contributed by atoms with E-state index >= 15 is 0 Å². The molecular weight excluding hydrogens is 689 g/mol. The van der Waals surface area contributed by atoms with Crippen molar-refractivity contribution >= 4 is 12.3 Å². The number of rotatable bonds is 39. The van der Waals surface area contributed by atoms with Crippen molar-refractivity contribution < 1.29 is 19.8 Å². The highest BCUT2D eigenvalue weighted by Gasteiger charge is 2.29. The summed E-state index contributed by atoms with van der Waals surface area (Å²) in [4.78, 5) is 21.2. The highest BCUT2D eigenvalue weighted by molar-refractivity contribution is 5.79. The molecule has 0 aromatic rings. The molecule has 0 fully saturated rings. The fourth-order valence-electron chi connectivity index (χ4n) is 7.39. The lowest BCUT2D eigenvalue weighted by molar-refractivity contribution is -0.123. The van der Waals surface area contributed by atoms with Gasteiger partial charge in [-0.2, -0.15) is 0 Å². The molecule has 2 N–H and O–H groups in total. The normalized spacial score (nSPS) is 10.5. The smallest absolute Gasteiger partial charge is 0.290 e. The molecule has 0 bridgehead atoms. The summed E-state index contributed by atoms with van der Waals surface area (Å²) in [6.45, 7) is 19.8. The van der Waals surface area contributed by atoms with Crippen LogP contribution in [0.25, 0.3) is 0 Å². The van der Waals surface area contributed by atoms with Crippen molar-refractivity contribution in [2.45, 2.75) is 313 Å². The maximum atomic E-state index is 12.9. The quantitative estimate of drug-likeness (QED) is 0.0480. The molecule has 0 unspecified atom stereocenters. The van der Waals surface area contributed by atoms with Gasteiger partial charge in [-0.15, -0.1) is 0 Å². The average molecular weight is 799 g/mol. The number of carbonyl (C=O) groups excluding carboxylic acids is 1. The van der Waals surface area contributed by atoms with E-state index in [1.807, 2.05) is 20.8 Å². The summed E-state index contributed by atoms with van der Waals surface area (Å²) >= 11 is 0. The highest BCUT2D eigenvalue weighted by atomic mass is 16.3. The predicted molar refractivity (Wildman–Crippen MR) is 254 cm³/mol. The second kappa shape index (κ2) is 63.3. The first-order valence-electron chi connectivity index (χ1n) is 25.6. The number of aliphatic hydroxyl groups excluding tert-OH is 1. The summed E-state index contributed by atoms with van der Waals surface area (Å²) in [6, 6.07) is 0. The first kappa shape index (κ1) is 64.2. The first-order chi connectivity index (χ1) is 27.4. The zero-order chi connectivity index (χ0) is 43.1. The van der Waals surface area contributed by atoms with Gasteiger partial charge in [0.25, 0.3) is 6.47 Å². The largest absolute Gasteiger partial charge is 0.483 e. The number of aliphatic hydroxyl groups is 1. The summed E-state index contributed by atoms with van der Waals surface area (Å²) in [5, 5.41) is 14.8. The Bertz CT molecular complexity index is 617. The lowest BCUT2D eigenvalue weighted by atomic mass is 9.72. The van der Waals surface area contributed by atoms with Crippen LogP contribution in [0.3, 0.4) is 0 Å². The van der Waals surface area contributed by atoms with Gasteiger partial charge in [-0.25, -0.2) is 0 Å². The maximum absolute atomic E-state index is 12.9. The van der Waals surface area contributed by atoms with Gasteiger partial charge >= 0.3 is 0 Å². The lowest BCUT2D eigenvalue weighted by Gasteiger charge is -2.33. The van der Waals surface area contributed by atoms with Gasteiger partial charge in [0.05, 0.1) is 0 Å². The Kier molecular flexibility index (Phi) is 72.6. The first-order valence-corrected chi connectivity index (χ1v) is 25.6. The Morgan fingerprint density at radius 2 is 0.625 bits per heavy atom. The monoisotopic (exact) mass is 799 g/mol. The van der Waals surface area contributed by atoms with Crippen LogP contribution < -0.4 is 0 Å². The molecule has 4 nitrogen and oxygen atoms in total. The zero-order valence-electron chi connectivity index (χ0n) is 40.6. The molecule has 0 rings (SSSR count). The van der Waals surface area contributed by atoms with Crippen LogP contribution in [0.2, 0.25) is 0 Å². The van der Waals surface area contributed by atoms with E-state index in [0.29, 0.717) is 17.8 Å². The van der Waals surface area contributed by atoms with E-state index in [1.165, 1.54) is 225 Å². The van der Waals surface area contributed by atoms with Crippen LogP contribution >= 0.6 is 0 Å². The van der Waals surface area contributed by atoms with Gasteiger partial charge in [0.1, 0.15) is 5.78 Å². The van der Waals surface area contributed by atoms with Crippen LogP contribution in [0, 0.1) is 5.41 Å². The van der Waals surface area contributed by atoms with Gasteiger partial charge in [-0.05, 0) is 31.1 Å². The number of Topliss-reactive ketones (excluding diaryl/α,β-unsaturated/α-hetero) is 1. The standard InChI is InChI=1S/C29H58O.C17H36.C3H8O.C2H6.CH2O2/c1-5-9-12-15-18-21-24-28(30)27-29(8-4,25-22-19-16-13-10-6-2)26-23-20-17-14-11-7-3;1-3-5-7-9-11-13-15-17-16-14-12-10-8-6-4-2;1-2-3-4;1-2;2-1-3/h5-27H2,1-4H3;3-17H2,1-2H3;4H,2-3H2,1H3;1-2H3;1H,(H,2,3). The molecule has 0 saturated carbocycles. The third-order valence-corrected chi connectivity index (χ3v) is 11.2. The topological polar surface area (TPSA) is 74.6 Å². The van der Waals surface area contributed by atoms with E-state index in [1.54, 1.807) is 0 Å². The summed E-state index contributed by atoms with van der Waals surface area (Å²) in [5.41, 5.74) is 0.300. The van der Waals surface area contributed by atoms with Crippen LogP contribution in [-0.4, -0.2) is 29.1 Å². The van der Waals surface area contributed by atoms with E-state index in [4.69, 9.17) is 15.0 Å². The molecule has 0 aliphatic rings. The molecule has 0 aliphatic carbocycles. The predicted octanol–water partition coefficient (Wildman–Crippen LogP) is 18.6. The van der Waals surface area contributed by atoms with Crippen LogP contribution in [0.5, 0.6) is 0 Å². The Morgan fingerprint density at radius 3 is 0.839 bits per heavy atom. The number of hydrogen-bond donors (Lipinski definition) is 2. The SMILES string of the molecule is CC.CCCCCCCCC(=O)CC(CC)(CCCCCCCC)CCCCCCCC.CCCCCCCCCCCCCCCCC.CCCO.O=CO. The lowest BCUT2D eigenvalue weighted by Crippen LogP contribution is -2.24. The van der Waals surface area contributed by atoms with Crippen LogP contribution in [0.4, 0.5) is 0 Å². The minimum absolute atomic E-state index is 0.250. The summed E-state index contributed by atoms with van der Waals surface area (Å²) in [7, 11) is 0. The number of carboxylic acid groups (broad SMARTS) is 1. The molecule has 0 aromatic heterocycles. The molecule has 0 aliphatic heterocycles. The zero-order valence-corrected chi connectivity index (χ0v) is 40.6. The van der Waals surface area contributed by atoms with Crippen LogP contribution in [0.1, 0.15) is 313 Å². The molecule has 56 heavy (non-hydrogen) atoms. The Hall–Kier alpha value is -0.900. The minimum Gasteiger partial charge on any atom is -0.483 e. The third-order valence-electron chi connectivity index (χ3n) is 11.2. The van der Waals surface area contributed by atoms with Gasteiger partial charge in [-0.1, -0.05) is 274 Å². The highest BCUT2D eigenvalue weighted by Crippen LogP contribution is 2.39. The van der Waals surface area contributed by atoms with Crippen molar-refractivity contribution in [2.24, 2.45) is 5.41 Å². The molecular formula is C52H110O4. The molecule has 0 aromatic carbocycles. The van der Waals surface area contributed by atoms with Crippen molar-refractivity contribution in [3.63, 3.8) is 0 Å². The van der Waals surface area contributed by atoms with Crippen molar-refractivity contribution in [1.82, 2.24) is 0 Å². The summed E-state index contributed by atoms with van der Waals surface area (Å²) in [6.07, 6.45) is 52.3. The van der Waals surface area contributed by atoms with Crippen molar-refractivity contribution in [3.8, 4) is 0 Å². The molecule has 0 spiro atoms. The number of carbonyl (C=O) groups is 2. The van der Waals surface area contributed by atoms with Gasteiger partial charge in [0.2, 0.25) is 0 Å². The number of hydrogen-bond acceptors (Lipinski definition) is 3. The van der Waals surface area contributed by atoms with Crippen LogP contribution in [-0.2, 0) is 9.59 Å². The Balaban J connectivity index is -0.000000279. The minimum atomic E-state index is -0.250. The van der Waals surface area contributed by atoms with Gasteiger partial charge in [0, 0.05) is 19.4 Å². The Morgan fingerprint density at radius 1 is 0.411 bits per heavy atom. The van der Waals surface area contributed by atoms with E-state index in [2.05, 4.69) is 41.5 Å². The number of ketones is 1. The maximum Gasteiger partial charge on any atom is 0.290 e. The van der Waals surface area contributed by atoms with E-state index in [-0.39, 0.29) is 6.47 Å². The van der Waals surface area contributed by atoms with Gasteiger partial charge in [0.15, 0.2) is 0 Å². The van der Waals surface area contributed by atoms with Gasteiger partial charge in [-0.3, -0.25) is 9.59 Å². The molecule has 0 amide bonds. The fraction of sp³-hybridized carbons (Fsp3) is 0.962. The molecule has 0 saturated heterocycles. The van der Waals surface area contributed by atoms with E-state index in [9.17, 15) is 4.79 Å². The molecule has 0 heterocycles. The Labute approximate surface area is 355 Å². The second-order valence-corrected chi connectivity index (χ2v) is 16.5.